The molecule has 19 heavy (non-hydrogen) atoms. The lowest BCUT2D eigenvalue weighted by Crippen LogP contribution is -2.49. The molecule has 6 nitrogen and oxygen atoms in total. The molecular weight excluding hydrogens is 248 g/mol. The van der Waals surface area contributed by atoms with Gasteiger partial charge in [-0.1, -0.05) is 0 Å². The van der Waals surface area contributed by atoms with Crippen LogP contribution < -0.4 is 5.43 Å². The van der Waals surface area contributed by atoms with Gasteiger partial charge < -0.3 is 9.84 Å². The van der Waals surface area contributed by atoms with Crippen LogP contribution in [-0.4, -0.2) is 40.9 Å². The number of hydrogen-bond acceptors (Lipinski definition) is 4. The fourth-order valence-electron chi connectivity index (χ4n) is 2.25. The maximum absolute atomic E-state index is 11.6. The normalized spacial score (nSPS) is 24.1. The van der Waals surface area contributed by atoms with E-state index in [1.807, 2.05) is 20.8 Å². The number of amides is 1. The molecule has 0 saturated heterocycles. The molecule has 1 amide bonds. The molecular formula is C13H24N2O4. The molecule has 1 aliphatic carbocycles. The molecule has 110 valence electrons. The minimum absolute atomic E-state index is 0.170. The number of aliphatic carboxylic acids is 1. The summed E-state index contributed by atoms with van der Waals surface area (Å²) >= 11 is 0. The summed E-state index contributed by atoms with van der Waals surface area (Å²) < 4.78 is 5.17. The minimum Gasteiger partial charge on any atom is -0.481 e. The fourth-order valence-corrected chi connectivity index (χ4v) is 2.25. The van der Waals surface area contributed by atoms with Crippen molar-refractivity contribution in [1.29, 1.82) is 0 Å². The summed E-state index contributed by atoms with van der Waals surface area (Å²) in [4.78, 5) is 22.5. The Labute approximate surface area is 114 Å². The third-order valence-electron chi connectivity index (χ3n) is 3.26. The van der Waals surface area contributed by atoms with Crippen molar-refractivity contribution in [2.45, 2.75) is 58.1 Å². The highest BCUT2D eigenvalue weighted by Gasteiger charge is 2.29. The van der Waals surface area contributed by atoms with Crippen molar-refractivity contribution < 1.29 is 19.4 Å². The Morgan fingerprint density at radius 3 is 2.16 bits per heavy atom. The van der Waals surface area contributed by atoms with Crippen LogP contribution in [0.1, 0.15) is 46.5 Å². The highest BCUT2D eigenvalue weighted by Crippen LogP contribution is 2.26. The van der Waals surface area contributed by atoms with Crippen LogP contribution in [0.3, 0.4) is 0 Å². The number of ether oxygens (including phenoxy) is 1. The smallest absolute Gasteiger partial charge is 0.422 e. The Balaban J connectivity index is 2.37. The topological polar surface area (TPSA) is 78.9 Å². The van der Waals surface area contributed by atoms with E-state index < -0.39 is 17.7 Å². The summed E-state index contributed by atoms with van der Waals surface area (Å²) in [5.74, 6) is -0.965. The Morgan fingerprint density at radius 1 is 1.21 bits per heavy atom. The van der Waals surface area contributed by atoms with Crippen LogP contribution in [0, 0.1) is 5.92 Å². The zero-order chi connectivity index (χ0) is 14.6. The molecule has 0 aromatic rings. The van der Waals surface area contributed by atoms with Gasteiger partial charge in [0.05, 0.1) is 5.92 Å². The average Bonchev–Trinajstić information content (AvgIpc) is 2.26. The number of rotatable bonds is 3. The van der Waals surface area contributed by atoms with Crippen molar-refractivity contribution in [2.24, 2.45) is 5.92 Å². The van der Waals surface area contributed by atoms with Crippen molar-refractivity contribution in [3.05, 3.63) is 0 Å². The second kappa shape index (κ2) is 6.23. The summed E-state index contributed by atoms with van der Waals surface area (Å²) in [6, 6.07) is 0.170. The van der Waals surface area contributed by atoms with Gasteiger partial charge >= 0.3 is 12.1 Å². The molecule has 0 unspecified atom stereocenters. The SMILES string of the molecule is CN(NC(=O)OC(C)(C)C)C1CCC(C(=O)O)CC1. The molecule has 6 heteroatoms. The average molecular weight is 272 g/mol. The minimum atomic E-state index is -0.721. The van der Waals surface area contributed by atoms with Gasteiger partial charge in [-0.15, -0.1) is 0 Å². The maximum Gasteiger partial charge on any atom is 0.422 e. The van der Waals surface area contributed by atoms with Gasteiger partial charge in [-0.2, -0.15) is 0 Å². The third-order valence-corrected chi connectivity index (χ3v) is 3.26. The van der Waals surface area contributed by atoms with E-state index in [4.69, 9.17) is 9.84 Å². The number of nitrogens with one attached hydrogen (secondary N) is 1. The zero-order valence-corrected chi connectivity index (χ0v) is 12.1. The molecule has 1 fully saturated rings. The fraction of sp³-hybridized carbons (Fsp3) is 0.846. The zero-order valence-electron chi connectivity index (χ0n) is 12.1. The third kappa shape index (κ3) is 5.46. The summed E-state index contributed by atoms with van der Waals surface area (Å²) in [5.41, 5.74) is 2.15. The first-order valence-corrected chi connectivity index (χ1v) is 6.64. The summed E-state index contributed by atoms with van der Waals surface area (Å²) in [6.45, 7) is 5.43. The van der Waals surface area contributed by atoms with E-state index in [1.165, 1.54) is 0 Å². The van der Waals surface area contributed by atoms with Crippen molar-refractivity contribution in [1.82, 2.24) is 10.4 Å². The molecule has 2 N–H and O–H groups in total. The van der Waals surface area contributed by atoms with Crippen LogP contribution >= 0.6 is 0 Å². The van der Waals surface area contributed by atoms with Crippen LogP contribution in [-0.2, 0) is 9.53 Å². The van der Waals surface area contributed by atoms with Crippen LogP contribution in [0.4, 0.5) is 4.79 Å². The molecule has 0 heterocycles. The second-order valence-electron chi connectivity index (χ2n) is 6.07. The molecule has 0 atom stereocenters. The van der Waals surface area contributed by atoms with Crippen molar-refractivity contribution >= 4 is 12.1 Å². The number of carboxylic acids is 1. The van der Waals surface area contributed by atoms with Crippen LogP contribution in [0.2, 0.25) is 0 Å². The van der Waals surface area contributed by atoms with E-state index in [0.29, 0.717) is 12.8 Å². The summed E-state index contributed by atoms with van der Waals surface area (Å²) in [6.07, 6.45) is 2.36. The van der Waals surface area contributed by atoms with Gasteiger partial charge in [0, 0.05) is 13.1 Å². The van der Waals surface area contributed by atoms with Crippen LogP contribution in [0.5, 0.6) is 0 Å². The van der Waals surface area contributed by atoms with E-state index >= 15 is 0 Å². The van der Waals surface area contributed by atoms with Crippen molar-refractivity contribution in [3.63, 3.8) is 0 Å². The van der Waals surface area contributed by atoms with Gasteiger partial charge in [0.25, 0.3) is 0 Å². The number of hydrogen-bond donors (Lipinski definition) is 2. The summed E-state index contributed by atoms with van der Waals surface area (Å²) in [7, 11) is 1.79. The highest BCUT2D eigenvalue weighted by atomic mass is 16.6. The Bertz CT molecular complexity index is 330. The largest absolute Gasteiger partial charge is 0.481 e. The second-order valence-corrected chi connectivity index (χ2v) is 6.07. The standard InChI is InChI=1S/C13H24N2O4/c1-13(2,3)19-12(18)14-15(4)10-7-5-9(6-8-10)11(16)17/h9-10H,5-8H2,1-4H3,(H,14,18)(H,16,17). The maximum atomic E-state index is 11.6. The lowest BCUT2D eigenvalue weighted by molar-refractivity contribution is -0.143. The first-order valence-electron chi connectivity index (χ1n) is 6.64. The molecule has 1 aliphatic rings. The Hall–Kier alpha value is -1.30. The predicted molar refractivity (Wildman–Crippen MR) is 70.5 cm³/mol. The summed E-state index contributed by atoms with van der Waals surface area (Å²) in [5, 5.41) is 10.7. The monoisotopic (exact) mass is 272 g/mol. The number of carboxylic acid groups (broad SMARTS) is 1. The Kier molecular flexibility index (Phi) is 5.17. The number of carbonyl (C=O) groups excluding carboxylic acids is 1. The van der Waals surface area contributed by atoms with Crippen LogP contribution in [0.25, 0.3) is 0 Å². The van der Waals surface area contributed by atoms with Crippen LogP contribution in [0.15, 0.2) is 0 Å². The van der Waals surface area contributed by atoms with E-state index in [0.717, 1.165) is 12.8 Å². The van der Waals surface area contributed by atoms with E-state index in [1.54, 1.807) is 12.1 Å². The molecule has 1 rings (SSSR count). The number of hydrazine groups is 1. The van der Waals surface area contributed by atoms with Gasteiger partial charge in [-0.3, -0.25) is 10.2 Å². The van der Waals surface area contributed by atoms with Crippen molar-refractivity contribution in [3.8, 4) is 0 Å². The van der Waals surface area contributed by atoms with Gasteiger partial charge in [-0.05, 0) is 46.5 Å². The van der Waals surface area contributed by atoms with Gasteiger partial charge in [-0.25, -0.2) is 9.80 Å². The van der Waals surface area contributed by atoms with Crippen molar-refractivity contribution in [2.75, 3.05) is 7.05 Å². The Morgan fingerprint density at radius 2 is 1.74 bits per heavy atom. The molecule has 0 aliphatic heterocycles. The number of nitrogens with zero attached hydrogens (tertiary/aromatic N) is 1. The molecule has 0 radical (unpaired) electrons. The first-order chi connectivity index (χ1) is 8.69. The molecule has 0 spiro atoms. The van der Waals surface area contributed by atoms with Gasteiger partial charge in [0.2, 0.25) is 0 Å². The van der Waals surface area contributed by atoms with E-state index in [2.05, 4.69) is 5.43 Å². The van der Waals surface area contributed by atoms with E-state index in [9.17, 15) is 9.59 Å². The lowest BCUT2D eigenvalue weighted by Gasteiger charge is -2.33. The quantitative estimate of drug-likeness (QED) is 0.768. The molecule has 1 saturated carbocycles. The highest BCUT2D eigenvalue weighted by molar-refractivity contribution is 5.70. The lowest BCUT2D eigenvalue weighted by atomic mass is 9.86. The molecule has 0 aromatic carbocycles. The molecule has 0 aromatic heterocycles. The first kappa shape index (κ1) is 15.8. The predicted octanol–water partition coefficient (Wildman–Crippen LogP) is 2.00. The van der Waals surface area contributed by atoms with E-state index in [-0.39, 0.29) is 12.0 Å². The molecule has 0 bridgehead atoms. The number of carbonyl (C=O) groups is 2. The van der Waals surface area contributed by atoms with Gasteiger partial charge in [0.15, 0.2) is 0 Å². The van der Waals surface area contributed by atoms with Gasteiger partial charge in [0.1, 0.15) is 5.60 Å².